The zero-order valence-electron chi connectivity index (χ0n) is 11.3. The molecule has 0 saturated heterocycles. The van der Waals surface area contributed by atoms with Gasteiger partial charge in [-0.1, -0.05) is 12.1 Å². The average Bonchev–Trinajstić information content (AvgIpc) is 3.18. The van der Waals surface area contributed by atoms with Gasteiger partial charge in [0.1, 0.15) is 0 Å². The van der Waals surface area contributed by atoms with E-state index in [1.54, 1.807) is 6.07 Å². The van der Waals surface area contributed by atoms with E-state index in [-0.39, 0.29) is 30.2 Å². The molecular formula is C14H19ClF2N2O. The topological polar surface area (TPSA) is 41.1 Å². The van der Waals surface area contributed by atoms with Crippen LogP contribution in [0.1, 0.15) is 24.3 Å². The van der Waals surface area contributed by atoms with Crippen molar-refractivity contribution in [1.29, 1.82) is 0 Å². The Hall–Kier alpha value is -1.20. The summed E-state index contributed by atoms with van der Waals surface area (Å²) in [5.41, 5.74) is 0.315. The molecule has 1 aliphatic carbocycles. The van der Waals surface area contributed by atoms with Gasteiger partial charge in [-0.15, -0.1) is 12.4 Å². The third-order valence-electron chi connectivity index (χ3n) is 3.41. The minimum absolute atomic E-state index is 0. The Balaban J connectivity index is 0.00000200. The van der Waals surface area contributed by atoms with E-state index in [0.29, 0.717) is 18.5 Å². The smallest absolute Gasteiger partial charge is 0.223 e. The molecule has 1 aromatic carbocycles. The van der Waals surface area contributed by atoms with Gasteiger partial charge < -0.3 is 10.6 Å². The standard InChI is InChI=1S/C14H18F2N2O.ClH/c1-17-6-3-7-18-14(19)11-8-10(11)9-4-2-5-12(15)13(9)16;/h2,4-5,10-11,17H,3,6-8H2,1H3,(H,18,19);1H. The molecular weight excluding hydrogens is 286 g/mol. The maximum absolute atomic E-state index is 13.6. The van der Waals surface area contributed by atoms with Crippen LogP contribution >= 0.6 is 12.4 Å². The number of hydrogen-bond acceptors (Lipinski definition) is 2. The zero-order valence-corrected chi connectivity index (χ0v) is 12.1. The molecule has 1 aliphatic rings. The van der Waals surface area contributed by atoms with Gasteiger partial charge in [-0.2, -0.15) is 0 Å². The van der Waals surface area contributed by atoms with E-state index in [4.69, 9.17) is 0 Å². The molecule has 1 fully saturated rings. The van der Waals surface area contributed by atoms with Crippen molar-refractivity contribution >= 4 is 18.3 Å². The van der Waals surface area contributed by atoms with Gasteiger partial charge >= 0.3 is 0 Å². The molecule has 0 spiro atoms. The average molecular weight is 305 g/mol. The number of carbonyl (C=O) groups excluding carboxylic acids is 1. The van der Waals surface area contributed by atoms with Crippen LogP contribution < -0.4 is 10.6 Å². The molecule has 2 atom stereocenters. The molecule has 3 nitrogen and oxygen atoms in total. The van der Waals surface area contributed by atoms with Gasteiger partial charge in [0.2, 0.25) is 5.91 Å². The minimum atomic E-state index is -0.849. The molecule has 20 heavy (non-hydrogen) atoms. The van der Waals surface area contributed by atoms with Crippen molar-refractivity contribution < 1.29 is 13.6 Å². The number of halogens is 3. The lowest BCUT2D eigenvalue weighted by Gasteiger charge is -2.05. The molecule has 2 rings (SSSR count). The van der Waals surface area contributed by atoms with Gasteiger partial charge in [-0.25, -0.2) is 8.78 Å². The fourth-order valence-electron chi connectivity index (χ4n) is 2.24. The Kier molecular flexibility index (Phi) is 6.36. The number of amides is 1. The van der Waals surface area contributed by atoms with Crippen LogP contribution in [0, 0.1) is 17.6 Å². The van der Waals surface area contributed by atoms with E-state index < -0.39 is 11.6 Å². The first kappa shape index (κ1) is 16.9. The first-order valence-electron chi connectivity index (χ1n) is 6.51. The SMILES string of the molecule is CNCCCNC(=O)C1CC1c1cccc(F)c1F.Cl. The summed E-state index contributed by atoms with van der Waals surface area (Å²) >= 11 is 0. The first-order valence-corrected chi connectivity index (χ1v) is 6.51. The van der Waals surface area contributed by atoms with Gasteiger partial charge in [0.15, 0.2) is 11.6 Å². The van der Waals surface area contributed by atoms with Crippen LogP contribution in [0.2, 0.25) is 0 Å². The fraction of sp³-hybridized carbons (Fsp3) is 0.500. The second-order valence-electron chi connectivity index (χ2n) is 4.84. The molecule has 0 aliphatic heterocycles. The molecule has 0 radical (unpaired) electrons. The van der Waals surface area contributed by atoms with E-state index in [2.05, 4.69) is 10.6 Å². The van der Waals surface area contributed by atoms with E-state index in [1.807, 2.05) is 7.05 Å². The Labute approximate surface area is 123 Å². The summed E-state index contributed by atoms with van der Waals surface area (Å²) in [6, 6.07) is 4.12. The lowest BCUT2D eigenvalue weighted by Crippen LogP contribution is -2.28. The van der Waals surface area contributed by atoms with Crippen LogP contribution in [0.3, 0.4) is 0 Å². The number of nitrogens with one attached hydrogen (secondary N) is 2. The van der Waals surface area contributed by atoms with Gasteiger partial charge in [-0.05, 0) is 44.0 Å². The van der Waals surface area contributed by atoms with Crippen LogP contribution in [0.25, 0.3) is 0 Å². The first-order chi connectivity index (χ1) is 9.15. The molecule has 112 valence electrons. The summed E-state index contributed by atoms with van der Waals surface area (Å²) in [7, 11) is 1.85. The van der Waals surface area contributed by atoms with Gasteiger partial charge in [0.25, 0.3) is 0 Å². The van der Waals surface area contributed by atoms with Crippen LogP contribution in [-0.4, -0.2) is 26.0 Å². The van der Waals surface area contributed by atoms with E-state index in [0.717, 1.165) is 19.0 Å². The normalized spacial score (nSPS) is 20.1. The highest BCUT2D eigenvalue weighted by molar-refractivity contribution is 5.85. The highest BCUT2D eigenvalue weighted by Gasteiger charge is 2.45. The van der Waals surface area contributed by atoms with Crippen molar-refractivity contribution in [2.24, 2.45) is 5.92 Å². The summed E-state index contributed by atoms with van der Waals surface area (Å²) in [6.45, 7) is 1.45. The summed E-state index contributed by atoms with van der Waals surface area (Å²) in [5.74, 6) is -2.13. The van der Waals surface area contributed by atoms with Crippen molar-refractivity contribution in [3.8, 4) is 0 Å². The number of rotatable bonds is 6. The fourth-order valence-corrected chi connectivity index (χ4v) is 2.24. The van der Waals surface area contributed by atoms with Crippen molar-refractivity contribution in [3.05, 3.63) is 35.4 Å². The predicted molar refractivity (Wildman–Crippen MR) is 76.0 cm³/mol. The van der Waals surface area contributed by atoms with Crippen molar-refractivity contribution in [3.63, 3.8) is 0 Å². The number of benzene rings is 1. The monoisotopic (exact) mass is 304 g/mol. The van der Waals surface area contributed by atoms with Crippen molar-refractivity contribution in [2.75, 3.05) is 20.1 Å². The summed E-state index contributed by atoms with van der Waals surface area (Å²) in [4.78, 5) is 11.8. The Morgan fingerprint density at radius 1 is 1.35 bits per heavy atom. The Bertz CT molecular complexity index is 470. The second-order valence-corrected chi connectivity index (χ2v) is 4.84. The quantitative estimate of drug-likeness (QED) is 0.791. The Morgan fingerprint density at radius 3 is 2.80 bits per heavy atom. The lowest BCUT2D eigenvalue weighted by molar-refractivity contribution is -0.122. The van der Waals surface area contributed by atoms with E-state index >= 15 is 0 Å². The molecule has 6 heteroatoms. The number of carbonyl (C=O) groups is 1. The molecule has 2 N–H and O–H groups in total. The van der Waals surface area contributed by atoms with E-state index in [1.165, 1.54) is 6.07 Å². The van der Waals surface area contributed by atoms with Gasteiger partial charge in [0.05, 0.1) is 0 Å². The second kappa shape index (κ2) is 7.55. The van der Waals surface area contributed by atoms with Gasteiger partial charge in [-0.3, -0.25) is 4.79 Å². The minimum Gasteiger partial charge on any atom is -0.356 e. The Morgan fingerprint density at radius 2 is 2.10 bits per heavy atom. The van der Waals surface area contributed by atoms with Crippen LogP contribution in [0.4, 0.5) is 8.78 Å². The molecule has 1 saturated carbocycles. The third kappa shape index (κ3) is 3.90. The zero-order chi connectivity index (χ0) is 13.8. The predicted octanol–water partition coefficient (Wildman–Crippen LogP) is 2.22. The number of hydrogen-bond donors (Lipinski definition) is 2. The van der Waals surface area contributed by atoms with Crippen molar-refractivity contribution in [2.45, 2.75) is 18.8 Å². The maximum atomic E-state index is 13.6. The molecule has 1 amide bonds. The van der Waals surface area contributed by atoms with E-state index in [9.17, 15) is 13.6 Å². The molecule has 0 bridgehead atoms. The van der Waals surface area contributed by atoms with Crippen LogP contribution in [-0.2, 0) is 4.79 Å². The summed E-state index contributed by atoms with van der Waals surface area (Å²) < 4.78 is 26.7. The maximum Gasteiger partial charge on any atom is 0.223 e. The van der Waals surface area contributed by atoms with Gasteiger partial charge in [0, 0.05) is 12.5 Å². The lowest BCUT2D eigenvalue weighted by atomic mass is 10.1. The molecule has 0 aromatic heterocycles. The summed E-state index contributed by atoms with van der Waals surface area (Å²) in [6.07, 6.45) is 1.45. The van der Waals surface area contributed by atoms with Crippen LogP contribution in [0.15, 0.2) is 18.2 Å². The molecule has 0 heterocycles. The largest absolute Gasteiger partial charge is 0.356 e. The summed E-state index contributed by atoms with van der Waals surface area (Å²) in [5, 5.41) is 5.81. The highest BCUT2D eigenvalue weighted by atomic mass is 35.5. The molecule has 1 aromatic rings. The third-order valence-corrected chi connectivity index (χ3v) is 3.41. The van der Waals surface area contributed by atoms with Crippen molar-refractivity contribution in [1.82, 2.24) is 10.6 Å². The molecule has 2 unspecified atom stereocenters. The van der Waals surface area contributed by atoms with Crippen LogP contribution in [0.5, 0.6) is 0 Å². The highest BCUT2D eigenvalue weighted by Crippen LogP contribution is 2.48.